The lowest BCUT2D eigenvalue weighted by Gasteiger charge is -2.56. The Morgan fingerprint density at radius 1 is 1.12 bits per heavy atom. The Morgan fingerprint density at radius 2 is 1.91 bits per heavy atom. The minimum atomic E-state index is -3.90. The molecule has 176 valence electrons. The normalized spacial score (nSPS) is 20.8. The molecule has 2 aliphatic heterocycles. The van der Waals surface area contributed by atoms with Crippen LogP contribution >= 0.6 is 0 Å². The van der Waals surface area contributed by atoms with Crippen molar-refractivity contribution in [1.82, 2.24) is 5.16 Å². The van der Waals surface area contributed by atoms with Crippen LogP contribution < -0.4 is 14.4 Å². The lowest BCUT2D eigenvalue weighted by molar-refractivity contribution is -0.127. The smallest absolute Gasteiger partial charge is 0.266 e. The van der Waals surface area contributed by atoms with E-state index in [1.165, 1.54) is 18.7 Å². The van der Waals surface area contributed by atoms with E-state index in [0.717, 1.165) is 56.0 Å². The minimum Gasteiger partial charge on any atom is -0.495 e. The first-order valence-corrected chi connectivity index (χ1v) is 13.0. The highest BCUT2D eigenvalue weighted by molar-refractivity contribution is 7.92. The van der Waals surface area contributed by atoms with Crippen molar-refractivity contribution in [2.75, 3.05) is 43.0 Å². The third-order valence-electron chi connectivity index (χ3n) is 7.80. The van der Waals surface area contributed by atoms with Crippen molar-refractivity contribution in [2.24, 2.45) is 5.41 Å². The molecule has 1 N–H and O–H groups in total. The van der Waals surface area contributed by atoms with Crippen LogP contribution in [0.15, 0.2) is 51.9 Å². The Labute approximate surface area is 197 Å². The number of para-hydroxylation sites is 1. The Hall–Kier alpha value is -3.04. The van der Waals surface area contributed by atoms with Gasteiger partial charge in [0.2, 0.25) is 0 Å². The Balaban J connectivity index is 1.25. The molecule has 1 saturated carbocycles. The Kier molecular flexibility index (Phi) is 4.05. The number of rotatable bonds is 5. The lowest BCUT2D eigenvalue weighted by atomic mass is 9.76. The largest absolute Gasteiger partial charge is 0.495 e. The average Bonchev–Trinajstić information content (AvgIpc) is 3.44. The molecule has 0 amide bonds. The van der Waals surface area contributed by atoms with E-state index >= 15 is 0 Å². The molecule has 8 nitrogen and oxygen atoms in total. The quantitative estimate of drug-likeness (QED) is 0.598. The van der Waals surface area contributed by atoms with Crippen molar-refractivity contribution in [1.29, 1.82) is 0 Å². The van der Waals surface area contributed by atoms with Crippen molar-refractivity contribution >= 4 is 21.5 Å². The molecule has 3 heterocycles. The molecule has 0 bridgehead atoms. The second kappa shape index (κ2) is 6.76. The van der Waals surface area contributed by atoms with Crippen LogP contribution in [-0.2, 0) is 26.6 Å². The topological polar surface area (TPSA) is 93.9 Å². The van der Waals surface area contributed by atoms with Crippen LogP contribution in [0.3, 0.4) is 0 Å². The van der Waals surface area contributed by atoms with Crippen LogP contribution in [0.1, 0.15) is 24.0 Å². The predicted octanol–water partition coefficient (Wildman–Crippen LogP) is 3.58. The van der Waals surface area contributed by atoms with Gasteiger partial charge in [-0.15, -0.1) is 0 Å². The average molecular weight is 480 g/mol. The molecule has 0 unspecified atom stereocenters. The number of fused-ring (bicyclic) bond motifs is 4. The molecular weight excluding hydrogens is 454 g/mol. The lowest BCUT2D eigenvalue weighted by Crippen LogP contribution is -2.66. The molecule has 3 fully saturated rings. The van der Waals surface area contributed by atoms with Crippen LogP contribution in [0.4, 0.5) is 11.5 Å². The maximum Gasteiger partial charge on any atom is 0.266 e. The molecule has 3 aromatic rings. The third-order valence-corrected chi connectivity index (χ3v) is 9.18. The van der Waals surface area contributed by atoms with Gasteiger partial charge in [-0.2, -0.15) is 0 Å². The van der Waals surface area contributed by atoms with Crippen molar-refractivity contribution < 1.29 is 22.4 Å². The van der Waals surface area contributed by atoms with Gasteiger partial charge in [-0.1, -0.05) is 23.4 Å². The van der Waals surface area contributed by atoms with Gasteiger partial charge in [0.05, 0.1) is 25.7 Å². The maximum absolute atomic E-state index is 13.2. The highest BCUT2D eigenvalue weighted by Crippen LogP contribution is 2.59. The number of hydrogen-bond donors (Lipinski definition) is 1. The maximum atomic E-state index is 13.2. The highest BCUT2D eigenvalue weighted by Gasteiger charge is 2.52. The zero-order chi connectivity index (χ0) is 23.1. The summed E-state index contributed by atoms with van der Waals surface area (Å²) < 4.78 is 45.5. The fourth-order valence-electron chi connectivity index (χ4n) is 5.72. The van der Waals surface area contributed by atoms with E-state index in [-0.39, 0.29) is 21.9 Å². The van der Waals surface area contributed by atoms with Gasteiger partial charge in [0, 0.05) is 35.3 Å². The molecule has 2 aromatic carbocycles. The number of nitrogens with one attached hydrogen (secondary N) is 1. The van der Waals surface area contributed by atoms with Crippen molar-refractivity contribution in [3.63, 3.8) is 0 Å². The zero-order valence-electron chi connectivity index (χ0n) is 18.8. The number of ether oxygens (including phenoxy) is 2. The second-order valence-electron chi connectivity index (χ2n) is 10.1. The minimum absolute atomic E-state index is 0.0367. The number of anilines is 2. The molecule has 2 aliphatic carbocycles. The molecule has 0 atom stereocenters. The van der Waals surface area contributed by atoms with E-state index in [9.17, 15) is 8.42 Å². The van der Waals surface area contributed by atoms with Crippen molar-refractivity contribution in [3.8, 4) is 17.1 Å². The standard InChI is InChI=1S/C25H25N3O5S/c1-31-20-4-2-3-5-21(20)34(29,30)27-23-18-11-25(8-9-25)19-7-6-16(10-17(19)22(18)33-26-23)28-12-24(13-28)14-32-15-24/h2-7,10H,8-9,11-15H2,1H3,(H,26,27). The van der Waals surface area contributed by atoms with Gasteiger partial charge in [-0.3, -0.25) is 4.72 Å². The highest BCUT2D eigenvalue weighted by atomic mass is 32.2. The number of methoxy groups -OCH3 is 1. The summed E-state index contributed by atoms with van der Waals surface area (Å²) in [4.78, 5) is 2.44. The molecule has 34 heavy (non-hydrogen) atoms. The van der Waals surface area contributed by atoms with E-state index in [1.54, 1.807) is 18.2 Å². The number of benzene rings is 2. The SMILES string of the molecule is COc1ccccc1S(=O)(=O)Nc1noc2c1CC1(CC1)c1ccc(N3CC4(COC4)C3)cc1-2. The van der Waals surface area contributed by atoms with Gasteiger partial charge >= 0.3 is 0 Å². The van der Waals surface area contributed by atoms with Crippen LogP contribution in [0, 0.1) is 5.41 Å². The number of sulfonamides is 1. The van der Waals surface area contributed by atoms with E-state index in [0.29, 0.717) is 17.6 Å². The molecule has 2 saturated heterocycles. The van der Waals surface area contributed by atoms with E-state index in [2.05, 4.69) is 33.0 Å². The summed E-state index contributed by atoms with van der Waals surface area (Å²) in [5.41, 5.74) is 4.66. The first kappa shape index (κ1) is 20.3. The summed E-state index contributed by atoms with van der Waals surface area (Å²) in [5, 5.41) is 4.17. The summed E-state index contributed by atoms with van der Waals surface area (Å²) in [6, 6.07) is 13.2. The van der Waals surface area contributed by atoms with Crippen LogP contribution in [0.2, 0.25) is 0 Å². The molecule has 7 rings (SSSR count). The first-order chi connectivity index (χ1) is 16.4. The first-order valence-electron chi connectivity index (χ1n) is 11.5. The van der Waals surface area contributed by atoms with Gasteiger partial charge in [-0.05, 0) is 49.1 Å². The molecular formula is C25H25N3O5S. The summed E-state index contributed by atoms with van der Waals surface area (Å²) in [7, 11) is -2.44. The fourth-order valence-corrected chi connectivity index (χ4v) is 6.92. The van der Waals surface area contributed by atoms with Crippen molar-refractivity contribution in [3.05, 3.63) is 53.6 Å². The molecule has 9 heteroatoms. The van der Waals surface area contributed by atoms with Crippen molar-refractivity contribution in [2.45, 2.75) is 29.6 Å². The number of hydrogen-bond acceptors (Lipinski definition) is 7. The molecule has 0 radical (unpaired) electrons. The summed E-state index contributed by atoms with van der Waals surface area (Å²) >= 11 is 0. The van der Waals surface area contributed by atoms with Gasteiger partial charge in [0.25, 0.3) is 10.0 Å². The number of aromatic nitrogens is 1. The van der Waals surface area contributed by atoms with Crippen LogP contribution in [0.25, 0.3) is 11.3 Å². The predicted molar refractivity (Wildman–Crippen MR) is 126 cm³/mol. The van der Waals surface area contributed by atoms with Crippen LogP contribution in [-0.4, -0.2) is 47.0 Å². The zero-order valence-corrected chi connectivity index (χ0v) is 19.7. The van der Waals surface area contributed by atoms with E-state index in [1.807, 2.05) is 0 Å². The fraction of sp³-hybridized carbons (Fsp3) is 0.400. The second-order valence-corrected chi connectivity index (χ2v) is 11.8. The molecule has 2 spiro atoms. The van der Waals surface area contributed by atoms with Gasteiger partial charge in [0.1, 0.15) is 10.6 Å². The summed E-state index contributed by atoms with van der Waals surface area (Å²) in [6.45, 7) is 3.70. The Bertz CT molecular complexity index is 1410. The summed E-state index contributed by atoms with van der Waals surface area (Å²) in [6.07, 6.45) is 2.87. The third kappa shape index (κ3) is 2.86. The molecule has 1 aromatic heterocycles. The Morgan fingerprint density at radius 3 is 2.62 bits per heavy atom. The van der Waals surface area contributed by atoms with E-state index < -0.39 is 10.0 Å². The van der Waals surface area contributed by atoms with Crippen LogP contribution in [0.5, 0.6) is 5.75 Å². The van der Waals surface area contributed by atoms with Gasteiger partial charge in [0.15, 0.2) is 11.6 Å². The monoisotopic (exact) mass is 479 g/mol. The van der Waals surface area contributed by atoms with Gasteiger partial charge < -0.3 is 18.9 Å². The number of nitrogens with zero attached hydrogens (tertiary/aromatic N) is 2. The molecule has 4 aliphatic rings. The van der Waals surface area contributed by atoms with Gasteiger partial charge in [-0.25, -0.2) is 8.42 Å². The summed E-state index contributed by atoms with van der Waals surface area (Å²) in [5.74, 6) is 1.21. The van der Waals surface area contributed by atoms with E-state index in [4.69, 9.17) is 14.0 Å².